The van der Waals surface area contributed by atoms with Crippen molar-refractivity contribution in [2.45, 2.75) is 29.3 Å². The number of nitrogens with one attached hydrogen (secondary N) is 1. The van der Waals surface area contributed by atoms with Crippen molar-refractivity contribution in [3.63, 3.8) is 0 Å². The van der Waals surface area contributed by atoms with Gasteiger partial charge in [-0.25, -0.2) is 8.78 Å². The molecule has 2 aromatic heterocycles. The van der Waals surface area contributed by atoms with E-state index >= 15 is 0 Å². The summed E-state index contributed by atoms with van der Waals surface area (Å²) < 4.78 is 38.1. The molecule has 2 aliphatic heterocycles. The predicted molar refractivity (Wildman–Crippen MR) is 131 cm³/mol. The van der Waals surface area contributed by atoms with Gasteiger partial charge < -0.3 is 24.4 Å². The van der Waals surface area contributed by atoms with E-state index in [1.807, 2.05) is 6.92 Å². The van der Waals surface area contributed by atoms with Crippen LogP contribution in [-0.4, -0.2) is 55.8 Å². The van der Waals surface area contributed by atoms with Crippen LogP contribution in [0.15, 0.2) is 50.4 Å². The molecule has 1 saturated heterocycles. The van der Waals surface area contributed by atoms with E-state index in [1.54, 1.807) is 0 Å². The Morgan fingerprint density at radius 2 is 2.11 bits per heavy atom. The van der Waals surface area contributed by atoms with Gasteiger partial charge in [-0.3, -0.25) is 14.5 Å². The molecule has 3 aromatic rings. The molecule has 5 rings (SSSR count). The SMILES string of the molecule is Cc1nnc(SCC2=C(C(=O)[O-])N3C(=O)C(NC(=O)c4ccc(COc5ccc(F)cc5F)o4)C3SC2)s1. The van der Waals surface area contributed by atoms with Crippen LogP contribution < -0.4 is 15.2 Å². The number of carbonyl (C=O) groups is 3. The standard InChI is InChI=1S/C23H18F2N4O6S3/c1-10-27-28-23(38-10)37-9-11-8-36-21-17(20(31)29(21)18(11)22(32)33)26-19(30)16-5-3-13(35-16)7-34-15-4-2-12(24)6-14(15)25/h2-6,17,21H,7-9H2,1H3,(H,26,30)(H,32,33)/p-1. The summed E-state index contributed by atoms with van der Waals surface area (Å²) in [6.45, 7) is 1.59. The summed E-state index contributed by atoms with van der Waals surface area (Å²) in [7, 11) is 0. The van der Waals surface area contributed by atoms with Gasteiger partial charge in [-0.1, -0.05) is 23.1 Å². The molecule has 2 unspecified atom stereocenters. The van der Waals surface area contributed by atoms with Crippen LogP contribution in [0.1, 0.15) is 21.3 Å². The molecule has 0 spiro atoms. The number of thioether (sulfide) groups is 2. The Balaban J connectivity index is 1.20. The molecule has 4 heterocycles. The number of aryl methyl sites for hydroxylation is 1. The van der Waals surface area contributed by atoms with Crippen LogP contribution in [0.3, 0.4) is 0 Å². The van der Waals surface area contributed by atoms with E-state index in [1.165, 1.54) is 47.0 Å². The van der Waals surface area contributed by atoms with Gasteiger partial charge in [0.15, 0.2) is 21.7 Å². The number of carbonyl (C=O) groups excluding carboxylic acids is 3. The summed E-state index contributed by atoms with van der Waals surface area (Å²) in [5.41, 5.74) is 0.332. The Morgan fingerprint density at radius 3 is 2.82 bits per heavy atom. The first kappa shape index (κ1) is 26.2. The molecule has 2 amide bonds. The van der Waals surface area contributed by atoms with Crippen LogP contribution in [0.5, 0.6) is 5.75 Å². The average Bonchev–Trinajstić information content (AvgIpc) is 3.53. The highest BCUT2D eigenvalue weighted by molar-refractivity contribution is 8.01. The average molecular weight is 580 g/mol. The topological polar surface area (TPSA) is 138 Å². The van der Waals surface area contributed by atoms with E-state index in [-0.39, 0.29) is 29.6 Å². The van der Waals surface area contributed by atoms with Crippen LogP contribution in [0.2, 0.25) is 0 Å². The third kappa shape index (κ3) is 5.26. The van der Waals surface area contributed by atoms with Crippen molar-refractivity contribution in [3.05, 3.63) is 69.8 Å². The van der Waals surface area contributed by atoms with Gasteiger partial charge in [-0.15, -0.1) is 22.0 Å². The number of aromatic nitrogens is 2. The van der Waals surface area contributed by atoms with E-state index in [9.17, 15) is 28.3 Å². The largest absolute Gasteiger partial charge is 0.543 e. The maximum atomic E-state index is 13.7. The van der Waals surface area contributed by atoms with E-state index in [0.29, 0.717) is 27.5 Å². The molecule has 1 fully saturated rings. The number of carboxylic acid groups (broad SMARTS) is 1. The smallest absolute Gasteiger partial charge is 0.287 e. The Kier molecular flexibility index (Phi) is 7.40. The molecule has 2 atom stereocenters. The van der Waals surface area contributed by atoms with Crippen molar-refractivity contribution in [1.29, 1.82) is 0 Å². The third-order valence-electron chi connectivity index (χ3n) is 5.55. The number of β-lactam (4-membered cyclic amide) rings is 1. The van der Waals surface area contributed by atoms with Gasteiger partial charge in [0.05, 0.1) is 11.7 Å². The second kappa shape index (κ2) is 10.7. The highest BCUT2D eigenvalue weighted by atomic mass is 32.2. The number of furan rings is 1. The molecule has 38 heavy (non-hydrogen) atoms. The number of benzene rings is 1. The van der Waals surface area contributed by atoms with Gasteiger partial charge in [0.1, 0.15) is 34.6 Å². The van der Waals surface area contributed by atoms with Crippen molar-refractivity contribution in [2.75, 3.05) is 11.5 Å². The van der Waals surface area contributed by atoms with Crippen LogP contribution in [-0.2, 0) is 16.2 Å². The van der Waals surface area contributed by atoms with Crippen molar-refractivity contribution >= 4 is 52.6 Å². The number of hydrogen-bond donors (Lipinski definition) is 1. The lowest BCUT2D eigenvalue weighted by molar-refractivity contribution is -0.301. The maximum absolute atomic E-state index is 13.7. The zero-order chi connectivity index (χ0) is 27.0. The number of aliphatic carboxylic acids is 1. The summed E-state index contributed by atoms with van der Waals surface area (Å²) >= 11 is 4.04. The first-order valence-electron chi connectivity index (χ1n) is 11.0. The van der Waals surface area contributed by atoms with E-state index in [0.717, 1.165) is 22.0 Å². The highest BCUT2D eigenvalue weighted by Crippen LogP contribution is 2.41. The Hall–Kier alpha value is -3.43. The van der Waals surface area contributed by atoms with Gasteiger partial charge in [0, 0.05) is 17.6 Å². The van der Waals surface area contributed by atoms with Crippen LogP contribution in [0.25, 0.3) is 0 Å². The number of rotatable bonds is 9. The summed E-state index contributed by atoms with van der Waals surface area (Å²) in [5.74, 6) is -3.82. The fraction of sp³-hybridized carbons (Fsp3) is 0.261. The molecular weight excluding hydrogens is 562 g/mol. The number of halogens is 2. The maximum Gasteiger partial charge on any atom is 0.287 e. The second-order valence-corrected chi connectivity index (χ2v) is 11.6. The van der Waals surface area contributed by atoms with Gasteiger partial charge in [-0.05, 0) is 36.8 Å². The van der Waals surface area contributed by atoms with Crippen LogP contribution >= 0.6 is 34.9 Å². The van der Waals surface area contributed by atoms with Gasteiger partial charge in [-0.2, -0.15) is 0 Å². The normalized spacial score (nSPS) is 18.7. The monoisotopic (exact) mass is 579 g/mol. The van der Waals surface area contributed by atoms with Gasteiger partial charge in [0.25, 0.3) is 11.8 Å². The lowest BCUT2D eigenvalue weighted by Gasteiger charge is -2.50. The first-order valence-corrected chi connectivity index (χ1v) is 13.8. The Labute approximate surface area is 226 Å². The predicted octanol–water partition coefficient (Wildman–Crippen LogP) is 2.11. The number of fused-ring (bicyclic) bond motifs is 1. The molecule has 0 aliphatic carbocycles. The molecule has 15 heteroatoms. The second-order valence-electron chi connectivity index (χ2n) is 8.11. The number of amides is 2. The summed E-state index contributed by atoms with van der Waals surface area (Å²) in [6.07, 6.45) is 0. The lowest BCUT2D eigenvalue weighted by Crippen LogP contribution is -2.71. The molecule has 0 radical (unpaired) electrons. The number of ether oxygens (including phenoxy) is 1. The number of hydrogen-bond acceptors (Lipinski definition) is 11. The minimum absolute atomic E-state index is 0.115. The quantitative estimate of drug-likeness (QED) is 0.296. The molecule has 1 aromatic carbocycles. The molecule has 198 valence electrons. The lowest BCUT2D eigenvalue weighted by atomic mass is 10.0. The van der Waals surface area contributed by atoms with Gasteiger partial charge in [0.2, 0.25) is 0 Å². The third-order valence-corrected chi connectivity index (χ3v) is 8.95. The molecular formula is C23H17F2N4O6S3-. The van der Waals surface area contributed by atoms with E-state index < -0.39 is 40.8 Å². The van der Waals surface area contributed by atoms with Crippen molar-refractivity contribution < 1.29 is 37.4 Å². The Bertz CT molecular complexity index is 1460. The van der Waals surface area contributed by atoms with Crippen molar-refractivity contribution in [2.24, 2.45) is 0 Å². The molecule has 2 aliphatic rings. The minimum atomic E-state index is -1.47. The molecule has 1 N–H and O–H groups in total. The highest BCUT2D eigenvalue weighted by Gasteiger charge is 2.53. The summed E-state index contributed by atoms with van der Waals surface area (Å²) in [6, 6.07) is 4.71. The van der Waals surface area contributed by atoms with E-state index in [4.69, 9.17) is 9.15 Å². The molecule has 10 nitrogen and oxygen atoms in total. The minimum Gasteiger partial charge on any atom is -0.543 e. The fourth-order valence-electron chi connectivity index (χ4n) is 3.80. The zero-order valence-corrected chi connectivity index (χ0v) is 21.9. The fourth-order valence-corrected chi connectivity index (χ4v) is 7.10. The zero-order valence-electron chi connectivity index (χ0n) is 19.4. The van der Waals surface area contributed by atoms with Crippen LogP contribution in [0.4, 0.5) is 8.78 Å². The number of nitrogens with zero attached hydrogens (tertiary/aromatic N) is 3. The van der Waals surface area contributed by atoms with Crippen LogP contribution in [0, 0.1) is 18.6 Å². The molecule has 0 bridgehead atoms. The van der Waals surface area contributed by atoms with Gasteiger partial charge >= 0.3 is 0 Å². The van der Waals surface area contributed by atoms with Crippen molar-refractivity contribution in [3.8, 4) is 5.75 Å². The number of carboxylic acids is 1. The Morgan fingerprint density at radius 1 is 1.29 bits per heavy atom. The summed E-state index contributed by atoms with van der Waals surface area (Å²) in [5, 5.41) is 22.6. The van der Waals surface area contributed by atoms with E-state index in [2.05, 4.69) is 15.5 Å². The first-order chi connectivity index (χ1) is 18.2. The summed E-state index contributed by atoms with van der Waals surface area (Å²) in [4.78, 5) is 38.6. The molecule has 0 saturated carbocycles. The van der Waals surface area contributed by atoms with Crippen molar-refractivity contribution in [1.82, 2.24) is 20.4 Å².